The van der Waals surface area contributed by atoms with Crippen LogP contribution in [0.3, 0.4) is 0 Å². The number of ether oxygens (including phenoxy) is 2. The number of methoxy groups -OCH3 is 1. The van der Waals surface area contributed by atoms with E-state index in [4.69, 9.17) is 9.47 Å². The fraction of sp³-hybridized carbons (Fsp3) is 0.133. The Morgan fingerprint density at radius 3 is 2.28 bits per heavy atom. The molecular formula is C30H22F2N2O4S. The monoisotopic (exact) mass is 544 g/mol. The minimum Gasteiger partial charge on any atom is -0.495 e. The average Bonchev–Trinajstić information content (AvgIpc) is 3.37. The molecule has 0 saturated heterocycles. The van der Waals surface area contributed by atoms with E-state index >= 15 is 0 Å². The Morgan fingerprint density at radius 2 is 1.59 bits per heavy atom. The van der Waals surface area contributed by atoms with Crippen molar-refractivity contribution < 1.29 is 27.8 Å². The number of thiophene rings is 1. The predicted octanol–water partition coefficient (Wildman–Crippen LogP) is 6.75. The van der Waals surface area contributed by atoms with Crippen molar-refractivity contribution in [2.24, 2.45) is 0 Å². The maximum Gasteiger partial charge on any atom is 0.166 e. The van der Waals surface area contributed by atoms with E-state index in [0.29, 0.717) is 28.1 Å². The van der Waals surface area contributed by atoms with Gasteiger partial charge in [-0.05, 0) is 53.6 Å². The summed E-state index contributed by atoms with van der Waals surface area (Å²) in [6.45, 7) is 0. The molecule has 2 aromatic carbocycles. The molecule has 0 bridgehead atoms. The minimum absolute atomic E-state index is 0.00334. The summed E-state index contributed by atoms with van der Waals surface area (Å²) in [5, 5.41) is 0. The van der Waals surface area contributed by atoms with Crippen LogP contribution < -0.4 is 9.47 Å². The van der Waals surface area contributed by atoms with Crippen molar-refractivity contribution in [2.45, 2.75) is 19.3 Å². The summed E-state index contributed by atoms with van der Waals surface area (Å²) in [5.41, 5.74) is 2.51. The van der Waals surface area contributed by atoms with Gasteiger partial charge in [0.15, 0.2) is 11.6 Å². The summed E-state index contributed by atoms with van der Waals surface area (Å²) in [6, 6.07) is 17.1. The Kier molecular flexibility index (Phi) is 7.69. The number of Topliss-reactive ketones (excluding diaryl/α,β-unsaturated/α-hetero) is 2. The van der Waals surface area contributed by atoms with E-state index in [2.05, 4.69) is 9.97 Å². The number of carbonyl (C=O) groups excluding carboxylic acids is 2. The number of pyridine rings is 2. The van der Waals surface area contributed by atoms with Gasteiger partial charge in [0.1, 0.15) is 28.9 Å². The van der Waals surface area contributed by atoms with Crippen LogP contribution in [0.15, 0.2) is 79.1 Å². The van der Waals surface area contributed by atoms with Crippen LogP contribution in [-0.4, -0.2) is 28.6 Å². The van der Waals surface area contributed by atoms with Crippen LogP contribution in [0.5, 0.6) is 17.2 Å². The van der Waals surface area contributed by atoms with E-state index in [1.807, 2.05) is 18.2 Å². The highest BCUT2D eigenvalue weighted by molar-refractivity contribution is 7.22. The fourth-order valence-electron chi connectivity index (χ4n) is 4.03. The predicted molar refractivity (Wildman–Crippen MR) is 144 cm³/mol. The number of carbonyl (C=O) groups is 2. The maximum absolute atomic E-state index is 14.9. The Hall–Kier alpha value is -4.50. The second kappa shape index (κ2) is 11.5. The quantitative estimate of drug-likeness (QED) is 0.181. The lowest BCUT2D eigenvalue weighted by molar-refractivity contribution is -0.126. The molecule has 0 N–H and O–H groups in total. The summed E-state index contributed by atoms with van der Waals surface area (Å²) in [5.74, 6) is -0.535. The van der Waals surface area contributed by atoms with Gasteiger partial charge >= 0.3 is 0 Å². The number of fused-ring (bicyclic) bond motifs is 1. The SMILES string of the molecule is COc1ccc(-c2cc3nccc(Oc4ccc(CC(=O)CC(=O)Cc5ccc(F)cc5)cc4F)c3s2)nc1. The van der Waals surface area contributed by atoms with Crippen LogP contribution >= 0.6 is 11.3 Å². The number of halogens is 2. The van der Waals surface area contributed by atoms with E-state index in [0.717, 1.165) is 15.3 Å². The van der Waals surface area contributed by atoms with E-state index in [9.17, 15) is 18.4 Å². The van der Waals surface area contributed by atoms with Crippen LogP contribution in [0, 0.1) is 11.6 Å². The molecule has 0 atom stereocenters. The van der Waals surface area contributed by atoms with Gasteiger partial charge in [-0.3, -0.25) is 19.6 Å². The highest BCUT2D eigenvalue weighted by atomic mass is 32.1. The Labute approximate surface area is 226 Å². The van der Waals surface area contributed by atoms with Gasteiger partial charge in [0, 0.05) is 25.1 Å². The molecule has 196 valence electrons. The molecular weight excluding hydrogens is 522 g/mol. The van der Waals surface area contributed by atoms with Crippen molar-refractivity contribution in [1.29, 1.82) is 0 Å². The smallest absolute Gasteiger partial charge is 0.166 e. The number of benzene rings is 2. The highest BCUT2D eigenvalue weighted by Gasteiger charge is 2.16. The summed E-state index contributed by atoms with van der Waals surface area (Å²) in [6.07, 6.45) is 2.88. The van der Waals surface area contributed by atoms with Gasteiger partial charge in [0.2, 0.25) is 0 Å². The number of nitrogens with zero attached hydrogens (tertiary/aromatic N) is 2. The molecule has 0 saturated carbocycles. The molecule has 3 heterocycles. The summed E-state index contributed by atoms with van der Waals surface area (Å²) < 4.78 is 39.8. The maximum atomic E-state index is 14.9. The lowest BCUT2D eigenvalue weighted by Gasteiger charge is -2.09. The van der Waals surface area contributed by atoms with Crippen LogP contribution in [0.2, 0.25) is 0 Å². The van der Waals surface area contributed by atoms with Gasteiger partial charge in [0.05, 0.1) is 40.5 Å². The lowest BCUT2D eigenvalue weighted by atomic mass is 10.0. The van der Waals surface area contributed by atoms with Crippen LogP contribution in [0.25, 0.3) is 20.8 Å². The third kappa shape index (κ3) is 6.32. The van der Waals surface area contributed by atoms with Gasteiger partial charge in [-0.15, -0.1) is 11.3 Å². The molecule has 9 heteroatoms. The Balaban J connectivity index is 1.25. The van der Waals surface area contributed by atoms with Gasteiger partial charge in [-0.25, -0.2) is 8.78 Å². The third-order valence-corrected chi connectivity index (χ3v) is 7.09. The molecule has 0 aliphatic carbocycles. The molecule has 0 fully saturated rings. The zero-order chi connectivity index (χ0) is 27.4. The molecule has 5 aromatic rings. The standard InChI is InChI=1S/C30H22F2N2O4S/c1-37-23-7-8-25(34-17-23)29-16-26-30(39-29)28(10-11-33-26)38-27-9-4-19(14-24(27)32)13-22(36)15-21(35)12-18-2-5-20(31)6-3-18/h2-11,14,16-17H,12-13,15H2,1H3. The van der Waals surface area contributed by atoms with Crippen molar-refractivity contribution in [3.63, 3.8) is 0 Å². The number of aromatic nitrogens is 2. The normalized spacial score (nSPS) is 10.9. The van der Waals surface area contributed by atoms with Crippen molar-refractivity contribution in [2.75, 3.05) is 7.11 Å². The molecule has 0 spiro atoms. The number of hydrogen-bond donors (Lipinski definition) is 0. The molecule has 0 aliphatic rings. The van der Waals surface area contributed by atoms with Crippen molar-refractivity contribution in [1.82, 2.24) is 9.97 Å². The topological polar surface area (TPSA) is 78.4 Å². The summed E-state index contributed by atoms with van der Waals surface area (Å²) in [7, 11) is 1.58. The minimum atomic E-state index is -0.628. The van der Waals surface area contributed by atoms with Gasteiger partial charge in [-0.1, -0.05) is 18.2 Å². The Morgan fingerprint density at radius 1 is 0.846 bits per heavy atom. The van der Waals surface area contributed by atoms with Crippen LogP contribution in [0.1, 0.15) is 17.5 Å². The first-order valence-corrected chi connectivity index (χ1v) is 12.8. The van der Waals surface area contributed by atoms with Crippen molar-refractivity contribution >= 4 is 33.1 Å². The molecule has 39 heavy (non-hydrogen) atoms. The zero-order valence-electron chi connectivity index (χ0n) is 20.8. The summed E-state index contributed by atoms with van der Waals surface area (Å²) >= 11 is 1.43. The van der Waals surface area contributed by atoms with Crippen LogP contribution in [-0.2, 0) is 22.4 Å². The van der Waals surface area contributed by atoms with Crippen molar-refractivity contribution in [3.05, 3.63) is 102 Å². The number of hydrogen-bond acceptors (Lipinski definition) is 7. The molecule has 0 unspecified atom stereocenters. The second-order valence-electron chi connectivity index (χ2n) is 8.82. The highest BCUT2D eigenvalue weighted by Crippen LogP contribution is 2.39. The Bertz CT molecular complexity index is 1650. The van der Waals surface area contributed by atoms with E-state index in [-0.39, 0.29) is 36.6 Å². The fourth-order valence-corrected chi connectivity index (χ4v) is 5.07. The number of ketones is 2. The van der Waals surface area contributed by atoms with Gasteiger partial charge in [0.25, 0.3) is 0 Å². The zero-order valence-corrected chi connectivity index (χ0v) is 21.6. The van der Waals surface area contributed by atoms with E-state index in [1.54, 1.807) is 31.6 Å². The van der Waals surface area contributed by atoms with Crippen LogP contribution in [0.4, 0.5) is 8.78 Å². The largest absolute Gasteiger partial charge is 0.495 e. The average molecular weight is 545 g/mol. The number of rotatable bonds is 10. The molecule has 3 aromatic heterocycles. The lowest BCUT2D eigenvalue weighted by Crippen LogP contribution is -2.12. The third-order valence-electron chi connectivity index (χ3n) is 5.93. The molecule has 0 radical (unpaired) electrons. The first-order valence-electron chi connectivity index (χ1n) is 12.0. The van der Waals surface area contributed by atoms with E-state index < -0.39 is 11.6 Å². The first kappa shape index (κ1) is 26.1. The van der Waals surface area contributed by atoms with E-state index in [1.165, 1.54) is 47.7 Å². The molecule has 5 rings (SSSR count). The molecule has 6 nitrogen and oxygen atoms in total. The first-order chi connectivity index (χ1) is 18.9. The molecule has 0 aliphatic heterocycles. The van der Waals surface area contributed by atoms with Gasteiger partial charge in [-0.2, -0.15) is 0 Å². The second-order valence-corrected chi connectivity index (χ2v) is 9.87. The van der Waals surface area contributed by atoms with Crippen molar-refractivity contribution in [3.8, 4) is 27.8 Å². The van der Waals surface area contributed by atoms with Gasteiger partial charge < -0.3 is 9.47 Å². The summed E-state index contributed by atoms with van der Waals surface area (Å²) in [4.78, 5) is 34.3. The molecule has 0 amide bonds.